The van der Waals surface area contributed by atoms with Gasteiger partial charge in [0.25, 0.3) is 5.91 Å². The molecule has 3 rings (SSSR count). The van der Waals surface area contributed by atoms with Crippen LogP contribution in [0.5, 0.6) is 0 Å². The molecule has 1 unspecified atom stereocenters. The Morgan fingerprint density at radius 3 is 2.70 bits per heavy atom. The van der Waals surface area contributed by atoms with E-state index in [1.807, 2.05) is 0 Å². The van der Waals surface area contributed by atoms with Gasteiger partial charge in [0.1, 0.15) is 5.82 Å². The number of sulfone groups is 1. The maximum Gasteiger partial charge on any atom is 0.337 e. The molecule has 8 nitrogen and oxygen atoms in total. The number of hydrogen-bond acceptors (Lipinski definition) is 7. The minimum absolute atomic E-state index is 0.0609. The predicted octanol–water partition coefficient (Wildman–Crippen LogP) is 1.72. The highest BCUT2D eigenvalue weighted by Crippen LogP contribution is 2.18. The quantitative estimate of drug-likeness (QED) is 0.748. The lowest BCUT2D eigenvalue weighted by Crippen LogP contribution is -2.21. The summed E-state index contributed by atoms with van der Waals surface area (Å²) in [6, 6.07) is 9.31. The molecule has 1 aromatic carbocycles. The number of carbonyl (C=O) groups excluding carboxylic acids is 2. The Morgan fingerprint density at radius 2 is 2.00 bits per heavy atom. The van der Waals surface area contributed by atoms with Crippen LogP contribution in [0.15, 0.2) is 42.6 Å². The summed E-state index contributed by atoms with van der Waals surface area (Å²) in [6.45, 7) is 0. The van der Waals surface area contributed by atoms with Gasteiger partial charge < -0.3 is 15.4 Å². The number of hydrogen-bond donors (Lipinski definition) is 2. The largest absolute Gasteiger partial charge is 0.465 e. The second kappa shape index (κ2) is 7.75. The first-order valence-corrected chi connectivity index (χ1v) is 10.1. The van der Waals surface area contributed by atoms with Crippen molar-refractivity contribution in [3.05, 3.63) is 53.7 Å². The van der Waals surface area contributed by atoms with Crippen LogP contribution in [-0.2, 0) is 14.6 Å². The number of nitrogens with one attached hydrogen (secondary N) is 2. The fourth-order valence-corrected chi connectivity index (χ4v) is 4.49. The number of amides is 1. The van der Waals surface area contributed by atoms with Crippen LogP contribution in [0.3, 0.4) is 0 Å². The van der Waals surface area contributed by atoms with Crippen molar-refractivity contribution >= 4 is 33.2 Å². The molecule has 142 valence electrons. The van der Waals surface area contributed by atoms with Gasteiger partial charge in [-0.05, 0) is 36.8 Å². The molecule has 0 radical (unpaired) electrons. The first kappa shape index (κ1) is 18.8. The molecule has 1 fully saturated rings. The van der Waals surface area contributed by atoms with E-state index in [-0.39, 0.29) is 23.5 Å². The van der Waals surface area contributed by atoms with Crippen molar-refractivity contribution in [1.82, 2.24) is 4.98 Å². The number of benzene rings is 1. The lowest BCUT2D eigenvalue weighted by molar-refractivity contribution is 0.0600. The first-order chi connectivity index (χ1) is 12.9. The molecule has 27 heavy (non-hydrogen) atoms. The van der Waals surface area contributed by atoms with Crippen molar-refractivity contribution in [3.63, 3.8) is 0 Å². The molecular formula is C18H19N3O5S. The van der Waals surface area contributed by atoms with Gasteiger partial charge in [0.05, 0.1) is 24.2 Å². The number of rotatable bonds is 5. The highest BCUT2D eigenvalue weighted by Gasteiger charge is 2.28. The van der Waals surface area contributed by atoms with Crippen molar-refractivity contribution in [2.24, 2.45) is 0 Å². The summed E-state index contributed by atoms with van der Waals surface area (Å²) in [5, 5.41) is 5.77. The summed E-state index contributed by atoms with van der Waals surface area (Å²) in [5.74, 6) is -0.213. The van der Waals surface area contributed by atoms with Crippen LogP contribution < -0.4 is 10.6 Å². The third-order valence-electron chi connectivity index (χ3n) is 4.15. The Labute approximate surface area is 156 Å². The molecule has 2 N–H and O–H groups in total. The number of pyridine rings is 1. The van der Waals surface area contributed by atoms with E-state index in [0.29, 0.717) is 29.1 Å². The van der Waals surface area contributed by atoms with Crippen LogP contribution in [0.1, 0.15) is 27.1 Å². The minimum atomic E-state index is -3.00. The third kappa shape index (κ3) is 4.82. The van der Waals surface area contributed by atoms with Crippen LogP contribution in [0.4, 0.5) is 11.5 Å². The summed E-state index contributed by atoms with van der Waals surface area (Å²) in [6.07, 6.45) is 1.99. The average molecular weight is 389 g/mol. The molecule has 0 saturated carbocycles. The van der Waals surface area contributed by atoms with Crippen LogP contribution in [0, 0.1) is 0 Å². The number of methoxy groups -OCH3 is 1. The van der Waals surface area contributed by atoms with E-state index in [1.54, 1.807) is 30.3 Å². The number of aromatic nitrogens is 1. The smallest absolute Gasteiger partial charge is 0.337 e. The number of nitrogens with zero attached hydrogens (tertiary/aromatic N) is 1. The topological polar surface area (TPSA) is 114 Å². The Bertz CT molecular complexity index is 974. The van der Waals surface area contributed by atoms with Crippen molar-refractivity contribution in [2.75, 3.05) is 29.2 Å². The number of anilines is 2. The molecule has 1 atom stereocenters. The number of ether oxygens (including phenoxy) is 1. The van der Waals surface area contributed by atoms with Gasteiger partial charge in [-0.1, -0.05) is 6.07 Å². The first-order valence-electron chi connectivity index (χ1n) is 8.29. The highest BCUT2D eigenvalue weighted by molar-refractivity contribution is 7.91. The zero-order chi connectivity index (χ0) is 19.4. The molecule has 0 spiro atoms. The molecule has 9 heteroatoms. The Balaban J connectivity index is 1.70. The van der Waals surface area contributed by atoms with Crippen LogP contribution in [-0.4, -0.2) is 49.9 Å². The zero-order valence-corrected chi connectivity index (χ0v) is 15.5. The van der Waals surface area contributed by atoms with Crippen molar-refractivity contribution < 1.29 is 22.7 Å². The maximum atomic E-state index is 12.5. The summed E-state index contributed by atoms with van der Waals surface area (Å²) < 4.78 is 27.8. The molecule has 0 bridgehead atoms. The van der Waals surface area contributed by atoms with E-state index >= 15 is 0 Å². The summed E-state index contributed by atoms with van der Waals surface area (Å²) in [7, 11) is -1.72. The SMILES string of the molecule is COC(=O)c1cccc(NC(=O)c2ccnc(NC3CCS(=O)(=O)C3)c2)c1. The summed E-state index contributed by atoms with van der Waals surface area (Å²) in [5.41, 5.74) is 1.14. The van der Waals surface area contributed by atoms with Crippen molar-refractivity contribution in [3.8, 4) is 0 Å². The molecular weight excluding hydrogens is 370 g/mol. The number of carbonyl (C=O) groups is 2. The van der Waals surface area contributed by atoms with Gasteiger partial charge >= 0.3 is 5.97 Å². The van der Waals surface area contributed by atoms with Crippen LogP contribution >= 0.6 is 0 Å². The molecule has 1 saturated heterocycles. The second-order valence-corrected chi connectivity index (χ2v) is 8.43. The van der Waals surface area contributed by atoms with Gasteiger partial charge in [0, 0.05) is 23.5 Å². The molecule has 0 aliphatic carbocycles. The zero-order valence-electron chi connectivity index (χ0n) is 14.6. The monoisotopic (exact) mass is 389 g/mol. The Morgan fingerprint density at radius 1 is 1.19 bits per heavy atom. The highest BCUT2D eigenvalue weighted by atomic mass is 32.2. The normalized spacial score (nSPS) is 17.9. The predicted molar refractivity (Wildman–Crippen MR) is 101 cm³/mol. The summed E-state index contributed by atoms with van der Waals surface area (Å²) >= 11 is 0. The molecule has 1 amide bonds. The van der Waals surface area contributed by atoms with E-state index < -0.39 is 15.8 Å². The van der Waals surface area contributed by atoms with Gasteiger partial charge in [-0.3, -0.25) is 4.79 Å². The number of esters is 1. The van der Waals surface area contributed by atoms with Gasteiger partial charge in [-0.15, -0.1) is 0 Å². The lowest BCUT2D eigenvalue weighted by Gasteiger charge is -2.12. The molecule has 1 aliphatic heterocycles. The fourth-order valence-electron chi connectivity index (χ4n) is 2.81. The lowest BCUT2D eigenvalue weighted by atomic mass is 10.2. The van der Waals surface area contributed by atoms with Crippen LogP contribution in [0.25, 0.3) is 0 Å². The van der Waals surface area contributed by atoms with Gasteiger partial charge in [0.15, 0.2) is 9.84 Å². The van der Waals surface area contributed by atoms with E-state index in [9.17, 15) is 18.0 Å². The van der Waals surface area contributed by atoms with Gasteiger partial charge in [0.2, 0.25) is 0 Å². The fraction of sp³-hybridized carbons (Fsp3) is 0.278. The second-order valence-electron chi connectivity index (χ2n) is 6.20. The van der Waals surface area contributed by atoms with Crippen molar-refractivity contribution in [1.29, 1.82) is 0 Å². The van der Waals surface area contributed by atoms with E-state index in [0.717, 1.165) is 0 Å². The molecule has 1 aliphatic rings. The maximum absolute atomic E-state index is 12.5. The summed E-state index contributed by atoms with van der Waals surface area (Å²) in [4.78, 5) is 28.2. The van der Waals surface area contributed by atoms with Gasteiger partial charge in [-0.2, -0.15) is 0 Å². The Kier molecular flexibility index (Phi) is 5.41. The van der Waals surface area contributed by atoms with Crippen molar-refractivity contribution in [2.45, 2.75) is 12.5 Å². The third-order valence-corrected chi connectivity index (χ3v) is 5.92. The molecule has 2 heterocycles. The standard InChI is InChI=1S/C18H19N3O5S/c1-26-18(23)13-3-2-4-14(9-13)21-17(22)12-5-7-19-16(10-12)20-15-6-8-27(24,25)11-15/h2-5,7,9-10,15H,6,8,11H2,1H3,(H,19,20)(H,21,22). The molecule has 1 aromatic heterocycles. The van der Waals surface area contributed by atoms with E-state index in [2.05, 4.69) is 20.4 Å². The molecule has 2 aromatic rings. The van der Waals surface area contributed by atoms with Crippen LogP contribution in [0.2, 0.25) is 0 Å². The minimum Gasteiger partial charge on any atom is -0.465 e. The van der Waals surface area contributed by atoms with Gasteiger partial charge in [-0.25, -0.2) is 18.2 Å². The average Bonchev–Trinajstić information content (AvgIpc) is 2.99. The Hall–Kier alpha value is -2.94. The van der Waals surface area contributed by atoms with E-state index in [1.165, 1.54) is 19.4 Å². The van der Waals surface area contributed by atoms with E-state index in [4.69, 9.17) is 0 Å².